The van der Waals surface area contributed by atoms with Gasteiger partial charge in [-0.1, -0.05) is 84.2 Å². The Morgan fingerprint density at radius 1 is 0.956 bits per heavy atom. The molecule has 4 aliphatic rings. The number of allylic oxidation sites excluding steroid dienone is 3. The fraction of sp³-hybridized carbons (Fsp3) is 0.882. The first-order valence-electron chi connectivity index (χ1n) is 16.0. The second kappa shape index (κ2) is 24.8. The summed E-state index contributed by atoms with van der Waals surface area (Å²) in [5.74, 6) is 3.91. The van der Waals surface area contributed by atoms with Crippen molar-refractivity contribution < 1.29 is 32.9 Å². The number of likely N-dealkylation sites (tertiary alicyclic amines) is 1. The highest BCUT2D eigenvalue weighted by atomic mass is 35.5. The summed E-state index contributed by atoms with van der Waals surface area (Å²) in [5.41, 5.74) is 2.05. The van der Waals surface area contributed by atoms with E-state index < -0.39 is 0 Å². The van der Waals surface area contributed by atoms with E-state index in [1.54, 1.807) is 5.57 Å². The zero-order valence-corrected chi connectivity index (χ0v) is 29.8. The maximum atomic E-state index is 6.39. The van der Waals surface area contributed by atoms with Gasteiger partial charge in [0.15, 0.2) is 0 Å². The van der Waals surface area contributed by atoms with Gasteiger partial charge in [-0.05, 0) is 106 Å². The number of alkyl halides is 1. The van der Waals surface area contributed by atoms with Crippen LogP contribution < -0.4 is 10.0 Å². The van der Waals surface area contributed by atoms with Crippen LogP contribution in [-0.4, -0.2) is 87.1 Å². The average Bonchev–Trinajstić information content (AvgIpc) is 2.87. The van der Waals surface area contributed by atoms with Gasteiger partial charge in [-0.15, -0.1) is 11.6 Å². The van der Waals surface area contributed by atoms with Crippen molar-refractivity contribution in [3.63, 3.8) is 0 Å². The number of nitrogens with zero attached hydrogens (tertiary/aromatic N) is 1. The summed E-state index contributed by atoms with van der Waals surface area (Å²) in [7, 11) is 0. The third kappa shape index (κ3) is 16.1. The summed E-state index contributed by atoms with van der Waals surface area (Å²) >= 11 is 8.36. The summed E-state index contributed by atoms with van der Waals surface area (Å²) in [6.07, 6.45) is 20.2. The Morgan fingerprint density at radius 2 is 1.62 bits per heavy atom. The van der Waals surface area contributed by atoms with Crippen LogP contribution in [0.15, 0.2) is 23.8 Å². The zero-order valence-electron chi connectivity index (χ0n) is 28.2. The molecule has 0 bridgehead atoms. The molecule has 0 amide bonds. The van der Waals surface area contributed by atoms with Crippen molar-refractivity contribution in [2.24, 2.45) is 35.0 Å². The lowest BCUT2D eigenvalue weighted by molar-refractivity contribution is 0.0590. The van der Waals surface area contributed by atoms with Crippen LogP contribution in [-0.2, 0) is 0 Å². The first kappa shape index (κ1) is 51.6. The topological polar surface area (TPSA) is 216 Å². The fourth-order valence-corrected chi connectivity index (χ4v) is 9.08. The lowest BCUT2D eigenvalue weighted by Crippen LogP contribution is -2.52. The van der Waals surface area contributed by atoms with Gasteiger partial charge in [0.25, 0.3) is 0 Å². The highest BCUT2D eigenvalue weighted by molar-refractivity contribution is 7.98. The molecule has 1 saturated carbocycles. The molecule has 0 spiro atoms. The van der Waals surface area contributed by atoms with E-state index in [9.17, 15) is 0 Å². The highest BCUT2D eigenvalue weighted by Crippen LogP contribution is 2.43. The summed E-state index contributed by atoms with van der Waals surface area (Å²) in [6, 6.07) is 0.586. The summed E-state index contributed by atoms with van der Waals surface area (Å²) in [5, 5.41) is 5.10. The Bertz CT molecular complexity index is 806. The molecular weight excluding hydrogens is 614 g/mol. The van der Waals surface area contributed by atoms with Gasteiger partial charge in [0, 0.05) is 36.3 Å². The molecular formula is C34H74ClN3O6S. The smallest absolute Gasteiger partial charge is 0.0375 e. The monoisotopic (exact) mass is 687 g/mol. The molecule has 45 heavy (non-hydrogen) atoms. The van der Waals surface area contributed by atoms with Gasteiger partial charge in [-0.25, -0.2) is 0 Å². The number of piperidine rings is 1. The van der Waals surface area contributed by atoms with Crippen molar-refractivity contribution in [2.75, 3.05) is 32.7 Å². The van der Waals surface area contributed by atoms with Gasteiger partial charge in [-0.3, -0.25) is 4.72 Å². The predicted molar refractivity (Wildman–Crippen MR) is 197 cm³/mol. The third-order valence-corrected chi connectivity index (χ3v) is 11.5. The summed E-state index contributed by atoms with van der Waals surface area (Å²) in [6.45, 7) is 18.3. The zero-order chi connectivity index (χ0) is 27.1. The van der Waals surface area contributed by atoms with Gasteiger partial charge in [0.1, 0.15) is 0 Å². The standard InChI is InChI=1S/C33H58ClN3S.CH4.6H2O/c1-24(2)32(22-37-17-16-31(33(4,5)23-37)28-12-14-29(34)15-13-28)35-20-26-9-7-10-27(19-26)21-36-38-30-11-6-8-25(3)18-30;;;;;;;/h6,11-12,24-27,29-32,35-36H,7-10,13-23H2,1-5H3;1H4;6*1H2/t25?,26?,27?,29?,30?,31-,32+;;;;;;;/m1......./s1. The van der Waals surface area contributed by atoms with E-state index in [2.05, 4.69) is 67.8 Å². The van der Waals surface area contributed by atoms with Crippen molar-refractivity contribution >= 4 is 23.5 Å². The minimum Gasteiger partial charge on any atom is -0.412 e. The number of hydrogen-bond acceptors (Lipinski definition) is 4. The van der Waals surface area contributed by atoms with E-state index in [4.69, 9.17) is 11.6 Å². The molecule has 3 aliphatic carbocycles. The number of rotatable bonds is 11. The van der Waals surface area contributed by atoms with Crippen molar-refractivity contribution in [2.45, 2.75) is 123 Å². The van der Waals surface area contributed by atoms with E-state index in [0.29, 0.717) is 28.0 Å². The van der Waals surface area contributed by atoms with Crippen molar-refractivity contribution in [1.29, 1.82) is 0 Å². The fourth-order valence-electron chi connectivity index (χ4n) is 7.72. The molecule has 0 aromatic rings. The number of hydrogen-bond donors (Lipinski definition) is 2. The van der Waals surface area contributed by atoms with Gasteiger partial charge in [-0.2, -0.15) is 0 Å². The Balaban J connectivity index is -0.00000120. The number of halogens is 1. The van der Waals surface area contributed by atoms with Crippen LogP contribution in [0.4, 0.5) is 0 Å². The Hall–Kier alpha value is -0.240. The van der Waals surface area contributed by atoms with Crippen molar-refractivity contribution in [3.8, 4) is 0 Å². The second-order valence-corrected chi connectivity index (χ2v) is 16.1. The van der Waals surface area contributed by atoms with E-state index >= 15 is 0 Å². The minimum absolute atomic E-state index is 0. The summed E-state index contributed by atoms with van der Waals surface area (Å²) in [4.78, 5) is 2.77. The maximum absolute atomic E-state index is 6.39. The Morgan fingerprint density at radius 3 is 2.20 bits per heavy atom. The molecule has 5 unspecified atom stereocenters. The minimum atomic E-state index is 0. The van der Waals surface area contributed by atoms with Gasteiger partial charge in [0.2, 0.25) is 0 Å². The van der Waals surface area contributed by atoms with E-state index in [1.807, 2.05) is 11.9 Å². The highest BCUT2D eigenvalue weighted by Gasteiger charge is 2.39. The quantitative estimate of drug-likeness (QED) is 0.188. The van der Waals surface area contributed by atoms with Crippen LogP contribution in [0.25, 0.3) is 0 Å². The van der Waals surface area contributed by atoms with E-state index in [-0.39, 0.29) is 40.3 Å². The molecule has 2 fully saturated rings. The van der Waals surface area contributed by atoms with Crippen LogP contribution in [0.2, 0.25) is 0 Å². The third-order valence-electron chi connectivity index (χ3n) is 10.1. The van der Waals surface area contributed by atoms with Gasteiger partial charge in [0.05, 0.1) is 0 Å². The summed E-state index contributed by atoms with van der Waals surface area (Å²) < 4.78 is 3.77. The normalized spacial score (nSPS) is 29.8. The predicted octanol–water partition coefficient (Wildman–Crippen LogP) is 3.75. The van der Waals surface area contributed by atoms with Gasteiger partial charge >= 0.3 is 0 Å². The van der Waals surface area contributed by atoms with E-state index in [0.717, 1.165) is 36.5 Å². The molecule has 4 rings (SSSR count). The molecule has 1 saturated heterocycles. The molecule has 1 aliphatic heterocycles. The molecule has 274 valence electrons. The molecule has 14 N–H and O–H groups in total. The van der Waals surface area contributed by atoms with Crippen LogP contribution in [0.3, 0.4) is 0 Å². The maximum Gasteiger partial charge on any atom is 0.0375 e. The Kier molecular flexibility index (Phi) is 28.5. The average molecular weight is 689 g/mol. The van der Waals surface area contributed by atoms with Crippen LogP contribution in [0, 0.1) is 35.0 Å². The molecule has 11 heteroatoms. The first-order chi connectivity index (χ1) is 18.2. The Labute approximate surface area is 285 Å². The van der Waals surface area contributed by atoms with Crippen LogP contribution >= 0.6 is 23.5 Å². The first-order valence-corrected chi connectivity index (χ1v) is 17.3. The second-order valence-electron chi connectivity index (χ2n) is 14.4. The van der Waals surface area contributed by atoms with E-state index in [1.165, 1.54) is 84.1 Å². The lowest BCUT2D eigenvalue weighted by Gasteiger charge is -2.47. The van der Waals surface area contributed by atoms with Crippen LogP contribution in [0.5, 0.6) is 0 Å². The molecule has 1 heterocycles. The van der Waals surface area contributed by atoms with Crippen LogP contribution in [0.1, 0.15) is 106 Å². The molecule has 7 atom stereocenters. The molecule has 0 radical (unpaired) electrons. The van der Waals surface area contributed by atoms with Gasteiger partial charge < -0.3 is 43.1 Å². The largest absolute Gasteiger partial charge is 0.412 e. The SMILES string of the molecule is C.CC1CC=CC(SNCC2CCCC(CN[C@@H](CN3CC[C@H](C4=CCC(Cl)CC4)C(C)(C)C3)C(C)C)C2)C1.O.O.O.O.O.O. The number of nitrogens with one attached hydrogen (secondary N) is 2. The molecule has 0 aromatic heterocycles. The molecule has 9 nitrogen and oxygen atoms in total. The molecule has 0 aromatic carbocycles. The van der Waals surface area contributed by atoms with Crippen molar-refractivity contribution in [3.05, 3.63) is 23.8 Å². The van der Waals surface area contributed by atoms with Crippen molar-refractivity contribution in [1.82, 2.24) is 14.9 Å². The lowest BCUT2D eigenvalue weighted by atomic mass is 9.68.